The summed E-state index contributed by atoms with van der Waals surface area (Å²) in [7, 11) is 1.62. The van der Waals surface area contributed by atoms with Crippen molar-refractivity contribution >= 4 is 17.5 Å². The molecule has 1 atom stereocenters. The van der Waals surface area contributed by atoms with Gasteiger partial charge in [-0.2, -0.15) is 0 Å². The summed E-state index contributed by atoms with van der Waals surface area (Å²) in [5.41, 5.74) is 0.694. The number of rotatable bonds is 6. The number of anilines is 1. The van der Waals surface area contributed by atoms with Crippen LogP contribution in [0.15, 0.2) is 24.3 Å². The fourth-order valence-electron chi connectivity index (χ4n) is 2.52. The first-order valence-corrected chi connectivity index (χ1v) is 7.41. The number of methoxy groups -OCH3 is 1. The number of carbonyl (C=O) groups is 2. The summed E-state index contributed by atoms with van der Waals surface area (Å²) >= 11 is 0. The van der Waals surface area contributed by atoms with Crippen LogP contribution < -0.4 is 10.1 Å². The zero-order valence-electron chi connectivity index (χ0n) is 13.0. The maximum absolute atomic E-state index is 12.3. The molecule has 0 spiro atoms. The zero-order chi connectivity index (χ0) is 15.9. The number of nitrogens with one attached hydrogen (secondary N) is 1. The average molecular weight is 306 g/mol. The predicted molar refractivity (Wildman–Crippen MR) is 82.9 cm³/mol. The second-order valence-corrected chi connectivity index (χ2v) is 5.23. The number of hydrogen-bond donors (Lipinski definition) is 1. The lowest BCUT2D eigenvalue weighted by Gasteiger charge is -2.22. The highest BCUT2D eigenvalue weighted by Crippen LogP contribution is 2.20. The molecule has 1 saturated heterocycles. The molecule has 2 amide bonds. The Kier molecular flexibility index (Phi) is 5.77. The fourth-order valence-corrected chi connectivity index (χ4v) is 2.52. The number of amides is 2. The molecule has 2 rings (SSSR count). The molecule has 6 heteroatoms. The quantitative estimate of drug-likeness (QED) is 0.812. The van der Waals surface area contributed by atoms with Crippen LogP contribution in [0.3, 0.4) is 0 Å². The SMILES string of the molecule is COCCOc1ccc(NC(=O)C2CCCN2C(C)=O)cc1. The molecule has 1 fully saturated rings. The van der Waals surface area contributed by atoms with Crippen molar-refractivity contribution in [3.05, 3.63) is 24.3 Å². The lowest BCUT2D eigenvalue weighted by Crippen LogP contribution is -2.42. The summed E-state index contributed by atoms with van der Waals surface area (Å²) in [5, 5.41) is 2.85. The van der Waals surface area contributed by atoms with Crippen LogP contribution in [0, 0.1) is 0 Å². The summed E-state index contributed by atoms with van der Waals surface area (Å²) < 4.78 is 10.4. The van der Waals surface area contributed by atoms with E-state index in [1.807, 2.05) is 0 Å². The van der Waals surface area contributed by atoms with Crippen molar-refractivity contribution in [1.29, 1.82) is 0 Å². The molecule has 0 bridgehead atoms. The van der Waals surface area contributed by atoms with Gasteiger partial charge in [0.1, 0.15) is 18.4 Å². The molecule has 22 heavy (non-hydrogen) atoms. The Morgan fingerprint density at radius 2 is 2.00 bits per heavy atom. The van der Waals surface area contributed by atoms with Crippen LogP contribution in [0.1, 0.15) is 19.8 Å². The van der Waals surface area contributed by atoms with E-state index in [2.05, 4.69) is 5.32 Å². The Morgan fingerprint density at radius 3 is 2.64 bits per heavy atom. The van der Waals surface area contributed by atoms with Gasteiger partial charge in [0.05, 0.1) is 6.61 Å². The summed E-state index contributed by atoms with van der Waals surface area (Å²) in [6, 6.07) is 6.79. The van der Waals surface area contributed by atoms with Crippen LogP contribution >= 0.6 is 0 Å². The van der Waals surface area contributed by atoms with Gasteiger partial charge >= 0.3 is 0 Å². The average Bonchev–Trinajstić information content (AvgIpc) is 2.99. The topological polar surface area (TPSA) is 67.9 Å². The van der Waals surface area contributed by atoms with E-state index in [0.717, 1.165) is 12.2 Å². The Bertz CT molecular complexity index is 515. The molecule has 1 unspecified atom stereocenters. The first-order valence-electron chi connectivity index (χ1n) is 7.41. The van der Waals surface area contributed by atoms with E-state index >= 15 is 0 Å². The minimum Gasteiger partial charge on any atom is -0.491 e. The number of hydrogen-bond acceptors (Lipinski definition) is 4. The maximum Gasteiger partial charge on any atom is 0.247 e. The minimum absolute atomic E-state index is 0.0560. The van der Waals surface area contributed by atoms with Crippen molar-refractivity contribution in [2.45, 2.75) is 25.8 Å². The van der Waals surface area contributed by atoms with E-state index in [4.69, 9.17) is 9.47 Å². The first-order chi connectivity index (χ1) is 10.6. The van der Waals surface area contributed by atoms with Crippen molar-refractivity contribution in [3.8, 4) is 5.75 Å². The summed E-state index contributed by atoms with van der Waals surface area (Å²) in [5.74, 6) is 0.529. The normalized spacial score (nSPS) is 17.4. The third-order valence-corrected chi connectivity index (χ3v) is 3.64. The molecule has 1 aromatic rings. The van der Waals surface area contributed by atoms with Gasteiger partial charge in [-0.25, -0.2) is 0 Å². The van der Waals surface area contributed by atoms with Crippen LogP contribution in [0.4, 0.5) is 5.69 Å². The number of likely N-dealkylation sites (tertiary alicyclic amines) is 1. The van der Waals surface area contributed by atoms with Gasteiger partial charge in [-0.05, 0) is 37.1 Å². The van der Waals surface area contributed by atoms with Gasteiger partial charge < -0.3 is 19.7 Å². The Balaban J connectivity index is 1.90. The van der Waals surface area contributed by atoms with Crippen molar-refractivity contribution in [2.24, 2.45) is 0 Å². The number of benzene rings is 1. The summed E-state index contributed by atoms with van der Waals surface area (Å²) in [6.45, 7) is 3.16. The lowest BCUT2D eigenvalue weighted by atomic mass is 10.2. The number of nitrogens with zero attached hydrogens (tertiary/aromatic N) is 1. The molecular weight excluding hydrogens is 284 g/mol. The van der Waals surface area contributed by atoms with Gasteiger partial charge in [0.15, 0.2) is 0 Å². The maximum atomic E-state index is 12.3. The van der Waals surface area contributed by atoms with Crippen molar-refractivity contribution in [3.63, 3.8) is 0 Å². The fraction of sp³-hybridized carbons (Fsp3) is 0.500. The van der Waals surface area contributed by atoms with Crippen LogP contribution in [0.5, 0.6) is 5.75 Å². The molecule has 1 aliphatic heterocycles. The standard InChI is InChI=1S/C16H22N2O4/c1-12(19)18-9-3-4-15(18)16(20)17-13-5-7-14(8-6-13)22-11-10-21-2/h5-8,15H,3-4,9-11H2,1-2H3,(H,17,20). The van der Waals surface area contributed by atoms with E-state index < -0.39 is 0 Å². The number of carbonyl (C=O) groups excluding carboxylic acids is 2. The lowest BCUT2D eigenvalue weighted by molar-refractivity contribution is -0.134. The highest BCUT2D eigenvalue weighted by Gasteiger charge is 2.32. The van der Waals surface area contributed by atoms with Crippen molar-refractivity contribution in [1.82, 2.24) is 4.90 Å². The second-order valence-electron chi connectivity index (χ2n) is 5.23. The van der Waals surface area contributed by atoms with Crippen LogP contribution in [-0.2, 0) is 14.3 Å². The van der Waals surface area contributed by atoms with E-state index in [9.17, 15) is 9.59 Å². The van der Waals surface area contributed by atoms with Gasteiger partial charge in [-0.3, -0.25) is 9.59 Å². The largest absolute Gasteiger partial charge is 0.491 e. The molecule has 0 aliphatic carbocycles. The van der Waals surface area contributed by atoms with Crippen LogP contribution in [0.2, 0.25) is 0 Å². The Morgan fingerprint density at radius 1 is 1.27 bits per heavy atom. The molecule has 0 aromatic heterocycles. The predicted octanol–water partition coefficient (Wildman–Crippen LogP) is 1.66. The summed E-state index contributed by atoms with van der Waals surface area (Å²) in [6.07, 6.45) is 1.58. The number of ether oxygens (including phenoxy) is 2. The zero-order valence-corrected chi connectivity index (χ0v) is 13.0. The Hall–Kier alpha value is -2.08. The van der Waals surface area contributed by atoms with E-state index in [1.54, 1.807) is 36.3 Å². The Labute approximate surface area is 130 Å². The molecule has 6 nitrogen and oxygen atoms in total. The van der Waals surface area contributed by atoms with Gasteiger partial charge in [-0.15, -0.1) is 0 Å². The molecule has 1 N–H and O–H groups in total. The molecule has 1 aliphatic rings. The molecule has 0 radical (unpaired) electrons. The van der Waals surface area contributed by atoms with E-state index in [0.29, 0.717) is 31.9 Å². The third-order valence-electron chi connectivity index (χ3n) is 3.64. The van der Waals surface area contributed by atoms with Crippen molar-refractivity contribution < 1.29 is 19.1 Å². The van der Waals surface area contributed by atoms with Gasteiger partial charge in [-0.1, -0.05) is 0 Å². The second kappa shape index (κ2) is 7.79. The minimum atomic E-state index is -0.366. The smallest absolute Gasteiger partial charge is 0.247 e. The third kappa shape index (κ3) is 4.21. The van der Waals surface area contributed by atoms with Crippen LogP contribution in [0.25, 0.3) is 0 Å². The summed E-state index contributed by atoms with van der Waals surface area (Å²) in [4.78, 5) is 25.4. The van der Waals surface area contributed by atoms with Gasteiger partial charge in [0.25, 0.3) is 0 Å². The molecule has 1 heterocycles. The molecule has 1 aromatic carbocycles. The van der Waals surface area contributed by atoms with E-state index in [1.165, 1.54) is 6.92 Å². The highest BCUT2D eigenvalue weighted by molar-refractivity contribution is 5.97. The van der Waals surface area contributed by atoms with Crippen molar-refractivity contribution in [2.75, 3.05) is 32.2 Å². The van der Waals surface area contributed by atoms with Gasteiger partial charge in [0.2, 0.25) is 11.8 Å². The molecule has 0 saturated carbocycles. The van der Waals surface area contributed by atoms with E-state index in [-0.39, 0.29) is 17.9 Å². The highest BCUT2D eigenvalue weighted by atomic mass is 16.5. The molecule has 120 valence electrons. The van der Waals surface area contributed by atoms with Crippen LogP contribution in [-0.4, -0.2) is 49.6 Å². The van der Waals surface area contributed by atoms with Gasteiger partial charge in [0, 0.05) is 26.3 Å². The first kappa shape index (κ1) is 16.3. The monoisotopic (exact) mass is 306 g/mol. The molecular formula is C16H22N2O4.